The third-order valence-corrected chi connectivity index (χ3v) is 3.70. The lowest BCUT2D eigenvalue weighted by molar-refractivity contribution is -0.134. The first-order valence-electron chi connectivity index (χ1n) is 7.45. The van der Waals surface area contributed by atoms with Crippen LogP contribution in [0, 0.1) is 0 Å². The first-order chi connectivity index (χ1) is 11.5. The molecule has 0 bridgehead atoms. The number of hydrogen-bond donors (Lipinski definition) is 1. The van der Waals surface area contributed by atoms with Crippen LogP contribution < -0.4 is 5.32 Å². The zero-order valence-electron chi connectivity index (χ0n) is 13.7. The van der Waals surface area contributed by atoms with Crippen molar-refractivity contribution in [2.45, 2.75) is 6.54 Å². The number of carbonyl (C=O) groups is 2. The number of hydrogen-bond acceptors (Lipinski definition) is 4. The van der Waals surface area contributed by atoms with Crippen LogP contribution in [0.4, 0.5) is 5.69 Å². The van der Waals surface area contributed by atoms with Gasteiger partial charge in [0.05, 0.1) is 36.6 Å². The second-order valence-electron chi connectivity index (χ2n) is 5.53. The Labute approximate surface area is 146 Å². The Bertz CT molecular complexity index is 688. The molecule has 24 heavy (non-hydrogen) atoms. The lowest BCUT2D eigenvalue weighted by Gasteiger charge is -2.21. The predicted molar refractivity (Wildman–Crippen MR) is 92.8 cm³/mol. The quantitative estimate of drug-likeness (QED) is 0.834. The van der Waals surface area contributed by atoms with Gasteiger partial charge in [-0.05, 0) is 31.3 Å². The molecule has 0 spiro atoms. The van der Waals surface area contributed by atoms with Crippen LogP contribution >= 0.6 is 11.6 Å². The molecule has 1 heterocycles. The molecule has 0 fully saturated rings. The predicted octanol–water partition coefficient (Wildman–Crippen LogP) is 2.46. The van der Waals surface area contributed by atoms with E-state index in [0.29, 0.717) is 17.3 Å². The number of likely N-dealkylation sites (N-methyl/N-ethyl adjacent to an activating group) is 2. The maximum absolute atomic E-state index is 12.2. The van der Waals surface area contributed by atoms with E-state index in [4.69, 9.17) is 16.0 Å². The Hall–Kier alpha value is -2.31. The molecule has 0 saturated heterocycles. The first-order valence-corrected chi connectivity index (χ1v) is 7.83. The van der Waals surface area contributed by atoms with E-state index in [1.807, 2.05) is 18.0 Å². The van der Waals surface area contributed by atoms with Gasteiger partial charge < -0.3 is 14.6 Å². The summed E-state index contributed by atoms with van der Waals surface area (Å²) in [6.07, 6.45) is 1.59. The topological polar surface area (TPSA) is 65.8 Å². The highest BCUT2D eigenvalue weighted by atomic mass is 35.5. The molecule has 1 N–H and O–H groups in total. The fourth-order valence-electron chi connectivity index (χ4n) is 2.13. The summed E-state index contributed by atoms with van der Waals surface area (Å²) in [6.45, 7) is 0.674. The Morgan fingerprint density at radius 2 is 1.88 bits per heavy atom. The molecule has 1 aromatic heterocycles. The molecule has 0 aliphatic rings. The Morgan fingerprint density at radius 1 is 1.12 bits per heavy atom. The van der Waals surface area contributed by atoms with Crippen molar-refractivity contribution in [2.24, 2.45) is 0 Å². The van der Waals surface area contributed by atoms with E-state index in [1.54, 1.807) is 43.6 Å². The number of nitrogens with one attached hydrogen (secondary N) is 1. The number of benzene rings is 1. The van der Waals surface area contributed by atoms with Crippen molar-refractivity contribution in [2.75, 3.05) is 32.5 Å². The van der Waals surface area contributed by atoms with E-state index in [1.165, 1.54) is 4.90 Å². The summed E-state index contributed by atoms with van der Waals surface area (Å²) in [6, 6.07) is 10.6. The maximum atomic E-state index is 12.2. The van der Waals surface area contributed by atoms with Crippen molar-refractivity contribution >= 4 is 29.1 Å². The number of nitrogens with zero attached hydrogens (tertiary/aromatic N) is 2. The average molecular weight is 350 g/mol. The van der Waals surface area contributed by atoms with Crippen LogP contribution in [0.3, 0.4) is 0 Å². The van der Waals surface area contributed by atoms with Crippen LogP contribution in [0.25, 0.3) is 0 Å². The van der Waals surface area contributed by atoms with Crippen LogP contribution in [0.2, 0.25) is 5.02 Å². The number of anilines is 1. The van der Waals surface area contributed by atoms with Crippen molar-refractivity contribution < 1.29 is 14.0 Å². The number of amides is 2. The van der Waals surface area contributed by atoms with Crippen molar-refractivity contribution in [3.63, 3.8) is 0 Å². The zero-order chi connectivity index (χ0) is 17.5. The molecular weight excluding hydrogens is 330 g/mol. The molecule has 2 amide bonds. The molecule has 0 aliphatic heterocycles. The Kier molecular flexibility index (Phi) is 6.40. The lowest BCUT2D eigenvalue weighted by Crippen LogP contribution is -2.40. The van der Waals surface area contributed by atoms with Crippen LogP contribution in [-0.2, 0) is 16.1 Å². The van der Waals surface area contributed by atoms with Crippen molar-refractivity contribution in [1.29, 1.82) is 0 Å². The van der Waals surface area contributed by atoms with Gasteiger partial charge in [-0.2, -0.15) is 0 Å². The average Bonchev–Trinajstić information content (AvgIpc) is 3.02. The summed E-state index contributed by atoms with van der Waals surface area (Å²) in [5.41, 5.74) is 0.528. The smallest absolute Gasteiger partial charge is 0.244 e. The molecule has 7 heteroatoms. The fraction of sp³-hybridized carbons (Fsp3) is 0.294. The summed E-state index contributed by atoms with van der Waals surface area (Å²) in [5, 5.41) is 3.15. The summed E-state index contributed by atoms with van der Waals surface area (Å²) >= 11 is 5.99. The first kappa shape index (κ1) is 18.0. The van der Waals surface area contributed by atoms with E-state index in [2.05, 4.69) is 5.32 Å². The zero-order valence-corrected chi connectivity index (χ0v) is 14.4. The number of furan rings is 1. The van der Waals surface area contributed by atoms with Crippen molar-refractivity contribution in [1.82, 2.24) is 9.80 Å². The highest BCUT2D eigenvalue weighted by Gasteiger charge is 2.16. The second kappa shape index (κ2) is 8.52. The van der Waals surface area contributed by atoms with E-state index < -0.39 is 0 Å². The van der Waals surface area contributed by atoms with E-state index in [9.17, 15) is 9.59 Å². The van der Waals surface area contributed by atoms with Gasteiger partial charge >= 0.3 is 0 Å². The maximum Gasteiger partial charge on any atom is 0.244 e. The number of para-hydroxylation sites is 1. The molecule has 0 radical (unpaired) electrons. The minimum atomic E-state index is -0.298. The van der Waals surface area contributed by atoms with Crippen LogP contribution in [0.5, 0.6) is 0 Å². The van der Waals surface area contributed by atoms with Crippen molar-refractivity contribution in [3.8, 4) is 0 Å². The highest BCUT2D eigenvalue weighted by molar-refractivity contribution is 6.33. The van der Waals surface area contributed by atoms with Gasteiger partial charge in [-0.25, -0.2) is 0 Å². The third kappa shape index (κ3) is 5.40. The molecule has 2 aromatic rings. The molecule has 0 saturated carbocycles. The van der Waals surface area contributed by atoms with Gasteiger partial charge in [0.25, 0.3) is 0 Å². The largest absolute Gasteiger partial charge is 0.468 e. The van der Waals surface area contributed by atoms with Gasteiger partial charge in [0.2, 0.25) is 11.8 Å². The summed E-state index contributed by atoms with van der Waals surface area (Å²) < 4.78 is 5.25. The van der Waals surface area contributed by atoms with Crippen LogP contribution in [-0.4, -0.2) is 48.8 Å². The lowest BCUT2D eigenvalue weighted by atomic mass is 10.3. The molecule has 0 aliphatic carbocycles. The number of halogens is 1. The van der Waals surface area contributed by atoms with E-state index in [0.717, 1.165) is 5.76 Å². The molecule has 128 valence electrons. The Balaban J connectivity index is 1.80. The molecule has 6 nitrogen and oxygen atoms in total. The normalized spacial score (nSPS) is 10.7. The summed E-state index contributed by atoms with van der Waals surface area (Å²) in [5.74, 6) is 0.329. The second-order valence-corrected chi connectivity index (χ2v) is 5.94. The van der Waals surface area contributed by atoms with Gasteiger partial charge in [0, 0.05) is 7.05 Å². The number of rotatable bonds is 7. The molecule has 0 atom stereocenters. The number of carbonyl (C=O) groups excluding carboxylic acids is 2. The van der Waals surface area contributed by atoms with Gasteiger partial charge in [-0.3, -0.25) is 14.5 Å². The standard InChI is InChI=1S/C17H20ClN3O3/c1-20(10-13-6-5-9-24-13)12-17(23)21(2)11-16(22)19-15-8-4-3-7-14(15)18/h3-9H,10-12H2,1-2H3,(H,19,22). The minimum absolute atomic E-state index is 0.0430. The van der Waals surface area contributed by atoms with Gasteiger partial charge in [-0.15, -0.1) is 0 Å². The van der Waals surface area contributed by atoms with Gasteiger partial charge in [-0.1, -0.05) is 23.7 Å². The fourth-order valence-corrected chi connectivity index (χ4v) is 2.31. The van der Waals surface area contributed by atoms with E-state index >= 15 is 0 Å². The Morgan fingerprint density at radius 3 is 2.54 bits per heavy atom. The minimum Gasteiger partial charge on any atom is -0.468 e. The van der Waals surface area contributed by atoms with Crippen molar-refractivity contribution in [3.05, 3.63) is 53.4 Å². The monoisotopic (exact) mass is 349 g/mol. The van der Waals surface area contributed by atoms with Gasteiger partial charge in [0.1, 0.15) is 5.76 Å². The van der Waals surface area contributed by atoms with Gasteiger partial charge in [0.15, 0.2) is 0 Å². The third-order valence-electron chi connectivity index (χ3n) is 3.37. The SMILES string of the molecule is CN(CC(=O)N(C)CC(=O)Nc1ccccc1Cl)Cc1ccco1. The van der Waals surface area contributed by atoms with E-state index in [-0.39, 0.29) is 24.9 Å². The molecule has 2 rings (SSSR count). The molecule has 0 unspecified atom stereocenters. The molecular formula is C17H20ClN3O3. The highest BCUT2D eigenvalue weighted by Crippen LogP contribution is 2.20. The summed E-state index contributed by atoms with van der Waals surface area (Å²) in [7, 11) is 3.41. The summed E-state index contributed by atoms with van der Waals surface area (Å²) in [4.78, 5) is 27.4. The van der Waals surface area contributed by atoms with Crippen LogP contribution in [0.1, 0.15) is 5.76 Å². The molecule has 1 aromatic carbocycles. The van der Waals surface area contributed by atoms with Crippen LogP contribution in [0.15, 0.2) is 47.1 Å².